The van der Waals surface area contributed by atoms with E-state index in [-0.39, 0.29) is 23.7 Å². The van der Waals surface area contributed by atoms with Gasteiger partial charge in [-0.05, 0) is 32.6 Å². The molecule has 6 heteroatoms. The lowest BCUT2D eigenvalue weighted by atomic mass is 9.85. The first kappa shape index (κ1) is 13.8. The highest BCUT2D eigenvalue weighted by Crippen LogP contribution is 2.24. The molecule has 98 valence electrons. The zero-order chi connectivity index (χ0) is 12.8. The number of amidine groups is 1. The smallest absolute Gasteiger partial charge is 0.220 e. The molecule has 0 aromatic heterocycles. The molecule has 0 aromatic carbocycles. The molecule has 1 rings (SSSR count). The second kappa shape index (κ2) is 6.44. The van der Waals surface area contributed by atoms with Gasteiger partial charge in [-0.3, -0.25) is 4.79 Å². The molecular formula is C11H22N4O2. The van der Waals surface area contributed by atoms with E-state index >= 15 is 0 Å². The molecule has 0 aromatic rings. The van der Waals surface area contributed by atoms with Crippen molar-refractivity contribution in [1.29, 1.82) is 0 Å². The number of nitrogens with zero attached hydrogens (tertiary/aromatic N) is 1. The Bertz CT molecular complexity index is 285. The Morgan fingerprint density at radius 1 is 1.41 bits per heavy atom. The van der Waals surface area contributed by atoms with Gasteiger partial charge in [0.05, 0.1) is 0 Å². The van der Waals surface area contributed by atoms with Crippen molar-refractivity contribution in [3.63, 3.8) is 0 Å². The van der Waals surface area contributed by atoms with E-state index in [1.165, 1.54) is 0 Å². The van der Waals surface area contributed by atoms with Crippen LogP contribution in [0.25, 0.3) is 0 Å². The van der Waals surface area contributed by atoms with Crippen molar-refractivity contribution >= 4 is 11.7 Å². The monoisotopic (exact) mass is 242 g/mol. The van der Waals surface area contributed by atoms with Crippen LogP contribution in [-0.2, 0) is 4.79 Å². The van der Waals surface area contributed by atoms with E-state index in [0.717, 1.165) is 25.7 Å². The van der Waals surface area contributed by atoms with E-state index in [0.29, 0.717) is 12.5 Å². The molecule has 1 aliphatic carbocycles. The minimum absolute atomic E-state index is 0.0347. The average molecular weight is 242 g/mol. The van der Waals surface area contributed by atoms with Gasteiger partial charge in [0, 0.05) is 24.4 Å². The zero-order valence-corrected chi connectivity index (χ0v) is 10.2. The first-order chi connectivity index (χ1) is 8.02. The molecule has 6 N–H and O–H groups in total. The van der Waals surface area contributed by atoms with Gasteiger partial charge in [-0.2, -0.15) is 0 Å². The van der Waals surface area contributed by atoms with Crippen molar-refractivity contribution in [3.05, 3.63) is 0 Å². The first-order valence-corrected chi connectivity index (χ1v) is 6.04. The van der Waals surface area contributed by atoms with E-state index in [4.69, 9.17) is 16.7 Å². The van der Waals surface area contributed by atoms with E-state index in [2.05, 4.69) is 10.5 Å². The number of carbonyl (C=O) groups excluding carboxylic acids is 1. The first-order valence-electron chi connectivity index (χ1n) is 6.04. The van der Waals surface area contributed by atoms with Crippen LogP contribution in [0.1, 0.15) is 39.0 Å². The largest absolute Gasteiger partial charge is 0.409 e. The number of carbonyl (C=O) groups is 1. The molecule has 0 aliphatic heterocycles. The zero-order valence-electron chi connectivity index (χ0n) is 10.2. The fourth-order valence-corrected chi connectivity index (χ4v) is 2.36. The lowest BCUT2D eigenvalue weighted by Gasteiger charge is -2.29. The maximum Gasteiger partial charge on any atom is 0.220 e. The number of amides is 1. The summed E-state index contributed by atoms with van der Waals surface area (Å²) in [4.78, 5) is 11.0. The van der Waals surface area contributed by atoms with Crippen molar-refractivity contribution < 1.29 is 10.0 Å². The number of primary amides is 1. The Balaban J connectivity index is 2.28. The van der Waals surface area contributed by atoms with Crippen LogP contribution < -0.4 is 16.8 Å². The normalized spacial score (nSPS) is 27.7. The Labute approximate surface area is 101 Å². The Hall–Kier alpha value is -1.30. The topological polar surface area (TPSA) is 114 Å². The van der Waals surface area contributed by atoms with Crippen LogP contribution in [0.2, 0.25) is 0 Å². The van der Waals surface area contributed by atoms with Crippen LogP contribution in [0.3, 0.4) is 0 Å². The van der Waals surface area contributed by atoms with Crippen molar-refractivity contribution in [1.82, 2.24) is 5.32 Å². The maximum atomic E-state index is 11.0. The van der Waals surface area contributed by atoms with Crippen LogP contribution in [0, 0.1) is 5.92 Å². The molecule has 1 aliphatic rings. The van der Waals surface area contributed by atoms with E-state index in [1.807, 2.05) is 6.92 Å². The number of hydrogen-bond donors (Lipinski definition) is 4. The summed E-state index contributed by atoms with van der Waals surface area (Å²) in [6.45, 7) is 2.00. The van der Waals surface area contributed by atoms with Gasteiger partial charge in [0.2, 0.25) is 5.91 Å². The maximum absolute atomic E-state index is 11.0. The summed E-state index contributed by atoms with van der Waals surface area (Å²) in [5, 5.41) is 14.8. The van der Waals surface area contributed by atoms with Crippen molar-refractivity contribution in [2.24, 2.45) is 22.5 Å². The molecule has 1 amide bonds. The third-order valence-corrected chi connectivity index (χ3v) is 3.29. The fraction of sp³-hybridized carbons (Fsp3) is 0.818. The Morgan fingerprint density at radius 2 is 2.00 bits per heavy atom. The summed E-state index contributed by atoms with van der Waals surface area (Å²) in [7, 11) is 0. The average Bonchev–Trinajstić information content (AvgIpc) is 2.29. The van der Waals surface area contributed by atoms with Crippen LogP contribution in [-0.4, -0.2) is 29.0 Å². The molecule has 1 unspecified atom stereocenters. The van der Waals surface area contributed by atoms with Crippen molar-refractivity contribution in [2.75, 3.05) is 0 Å². The van der Waals surface area contributed by atoms with Crippen LogP contribution in [0.15, 0.2) is 5.16 Å². The highest BCUT2D eigenvalue weighted by atomic mass is 16.4. The van der Waals surface area contributed by atoms with Gasteiger partial charge in [-0.25, -0.2) is 0 Å². The van der Waals surface area contributed by atoms with Gasteiger partial charge < -0.3 is 22.0 Å². The standard InChI is InChI=1S/C11H22N4O2/c1-7(6-10(12)15-17)14-9-4-2-8(3-5-9)11(13)16/h7-9,14,17H,2-6H2,1H3,(H2,12,15)(H2,13,16). The summed E-state index contributed by atoms with van der Waals surface area (Å²) in [6, 6.07) is 0.563. The van der Waals surface area contributed by atoms with Gasteiger partial charge in [-0.15, -0.1) is 0 Å². The summed E-state index contributed by atoms with van der Waals surface area (Å²) in [6.07, 6.45) is 4.13. The van der Waals surface area contributed by atoms with E-state index < -0.39 is 0 Å². The molecule has 0 heterocycles. The number of rotatable bonds is 5. The van der Waals surface area contributed by atoms with Gasteiger partial charge in [0.1, 0.15) is 5.84 Å². The highest BCUT2D eigenvalue weighted by Gasteiger charge is 2.25. The molecule has 1 atom stereocenters. The molecule has 0 radical (unpaired) electrons. The van der Waals surface area contributed by atoms with E-state index in [1.54, 1.807) is 0 Å². The van der Waals surface area contributed by atoms with Gasteiger partial charge in [-0.1, -0.05) is 5.16 Å². The minimum atomic E-state index is -0.187. The Kier molecular flexibility index (Phi) is 5.21. The summed E-state index contributed by atoms with van der Waals surface area (Å²) in [5.74, 6) is 0.0800. The number of oxime groups is 1. The van der Waals surface area contributed by atoms with Gasteiger partial charge >= 0.3 is 0 Å². The second-order valence-corrected chi connectivity index (χ2v) is 4.81. The quantitative estimate of drug-likeness (QED) is 0.238. The summed E-state index contributed by atoms with van der Waals surface area (Å²) < 4.78 is 0. The lowest BCUT2D eigenvalue weighted by Crippen LogP contribution is -2.42. The third kappa shape index (κ3) is 4.60. The molecular weight excluding hydrogens is 220 g/mol. The number of hydrogen-bond acceptors (Lipinski definition) is 4. The Morgan fingerprint density at radius 3 is 2.47 bits per heavy atom. The van der Waals surface area contributed by atoms with E-state index in [9.17, 15) is 4.79 Å². The number of nitrogens with two attached hydrogens (primary N) is 2. The van der Waals surface area contributed by atoms with Gasteiger partial charge in [0.25, 0.3) is 0 Å². The summed E-state index contributed by atoms with van der Waals surface area (Å²) in [5.41, 5.74) is 10.7. The molecule has 0 bridgehead atoms. The second-order valence-electron chi connectivity index (χ2n) is 4.81. The molecule has 0 saturated heterocycles. The van der Waals surface area contributed by atoms with Gasteiger partial charge in [0.15, 0.2) is 0 Å². The minimum Gasteiger partial charge on any atom is -0.409 e. The predicted molar refractivity (Wildman–Crippen MR) is 65.6 cm³/mol. The third-order valence-electron chi connectivity index (χ3n) is 3.29. The molecule has 1 fully saturated rings. The summed E-state index contributed by atoms with van der Waals surface area (Å²) >= 11 is 0. The molecule has 1 saturated carbocycles. The molecule has 0 spiro atoms. The van der Waals surface area contributed by atoms with Crippen LogP contribution in [0.4, 0.5) is 0 Å². The van der Waals surface area contributed by atoms with Crippen molar-refractivity contribution in [2.45, 2.75) is 51.1 Å². The molecule has 6 nitrogen and oxygen atoms in total. The molecule has 17 heavy (non-hydrogen) atoms. The predicted octanol–water partition coefficient (Wildman–Crippen LogP) is 0.145. The number of nitrogens with one attached hydrogen (secondary N) is 1. The SMILES string of the molecule is CC(CC(N)=NO)NC1CCC(C(N)=O)CC1. The van der Waals surface area contributed by atoms with Crippen LogP contribution >= 0.6 is 0 Å². The lowest BCUT2D eigenvalue weighted by molar-refractivity contribution is -0.122. The van der Waals surface area contributed by atoms with Crippen molar-refractivity contribution in [3.8, 4) is 0 Å². The fourth-order valence-electron chi connectivity index (χ4n) is 2.36. The van der Waals surface area contributed by atoms with Crippen LogP contribution in [0.5, 0.6) is 0 Å². The highest BCUT2D eigenvalue weighted by molar-refractivity contribution is 5.80.